The Morgan fingerprint density at radius 3 is 2.41 bits per heavy atom. The lowest BCUT2D eigenvalue weighted by Gasteiger charge is -2.34. The summed E-state index contributed by atoms with van der Waals surface area (Å²) in [6.45, 7) is 6.09. The fourth-order valence-corrected chi connectivity index (χ4v) is 3.75. The van der Waals surface area contributed by atoms with E-state index in [-0.39, 0.29) is 5.91 Å². The van der Waals surface area contributed by atoms with E-state index in [1.165, 1.54) is 24.8 Å². The van der Waals surface area contributed by atoms with Crippen molar-refractivity contribution in [2.45, 2.75) is 25.8 Å². The van der Waals surface area contributed by atoms with Gasteiger partial charge in [-0.2, -0.15) is 0 Å². The Hall–Kier alpha value is -2.54. The number of pyridine rings is 1. The molecule has 0 radical (unpaired) electrons. The van der Waals surface area contributed by atoms with E-state index >= 15 is 0 Å². The predicted molar refractivity (Wildman–Crippen MR) is 104 cm³/mol. The van der Waals surface area contributed by atoms with Crippen molar-refractivity contribution in [1.29, 1.82) is 0 Å². The molecule has 27 heavy (non-hydrogen) atoms. The van der Waals surface area contributed by atoms with Crippen molar-refractivity contribution in [3.63, 3.8) is 0 Å². The summed E-state index contributed by atoms with van der Waals surface area (Å²) in [6.07, 6.45) is 7.37. The van der Waals surface area contributed by atoms with Gasteiger partial charge in [-0.15, -0.1) is 10.2 Å². The summed E-state index contributed by atoms with van der Waals surface area (Å²) in [5.41, 5.74) is 1.65. The van der Waals surface area contributed by atoms with E-state index in [1.807, 2.05) is 29.3 Å². The average molecular weight is 366 g/mol. The Morgan fingerprint density at radius 2 is 1.74 bits per heavy atom. The molecule has 4 rings (SSSR count). The van der Waals surface area contributed by atoms with Crippen LogP contribution in [0.25, 0.3) is 0 Å². The van der Waals surface area contributed by atoms with Gasteiger partial charge in [0.15, 0.2) is 11.5 Å². The van der Waals surface area contributed by atoms with Crippen LogP contribution in [-0.2, 0) is 6.54 Å². The smallest absolute Gasteiger partial charge is 0.274 e. The molecule has 0 atom stereocenters. The molecule has 0 unspecified atom stereocenters. The van der Waals surface area contributed by atoms with Crippen molar-refractivity contribution in [2.24, 2.45) is 0 Å². The van der Waals surface area contributed by atoms with E-state index < -0.39 is 0 Å². The largest absolute Gasteiger partial charge is 0.355 e. The second-order valence-electron chi connectivity index (χ2n) is 7.25. The zero-order valence-electron chi connectivity index (χ0n) is 15.6. The third-order valence-electron chi connectivity index (χ3n) is 5.34. The molecule has 7 nitrogen and oxygen atoms in total. The Morgan fingerprint density at radius 1 is 0.926 bits per heavy atom. The number of piperazine rings is 1. The standard InChI is InChI=1S/C20H26N6O/c27-20(18-6-7-19(23-22-18)25-9-2-1-3-10-25)26-13-11-24(12-14-26)16-17-5-4-8-21-15-17/h4-8,15H,1-3,9-14,16H2. The second-order valence-corrected chi connectivity index (χ2v) is 7.25. The minimum absolute atomic E-state index is 0.0197. The predicted octanol–water partition coefficient (Wildman–Crippen LogP) is 1.82. The molecule has 2 aromatic heterocycles. The summed E-state index contributed by atoms with van der Waals surface area (Å²) >= 11 is 0. The van der Waals surface area contributed by atoms with Crippen LogP contribution in [0.5, 0.6) is 0 Å². The first-order valence-electron chi connectivity index (χ1n) is 9.79. The lowest BCUT2D eigenvalue weighted by Crippen LogP contribution is -2.48. The van der Waals surface area contributed by atoms with Gasteiger partial charge in [0.25, 0.3) is 5.91 Å². The van der Waals surface area contributed by atoms with Crippen LogP contribution in [0.4, 0.5) is 5.82 Å². The highest BCUT2D eigenvalue weighted by Gasteiger charge is 2.23. The van der Waals surface area contributed by atoms with Crippen LogP contribution >= 0.6 is 0 Å². The van der Waals surface area contributed by atoms with E-state index in [0.717, 1.165) is 38.5 Å². The number of aromatic nitrogens is 3. The number of rotatable bonds is 4. The number of carbonyl (C=O) groups is 1. The molecule has 7 heteroatoms. The number of hydrogen-bond donors (Lipinski definition) is 0. The molecule has 142 valence electrons. The lowest BCUT2D eigenvalue weighted by atomic mass is 10.1. The molecule has 0 bridgehead atoms. The highest BCUT2D eigenvalue weighted by atomic mass is 16.2. The Bertz CT molecular complexity index is 737. The number of nitrogens with zero attached hydrogens (tertiary/aromatic N) is 6. The Kier molecular flexibility index (Phi) is 5.58. The summed E-state index contributed by atoms with van der Waals surface area (Å²) in [5.74, 6) is 0.862. The summed E-state index contributed by atoms with van der Waals surface area (Å²) in [4.78, 5) is 23.4. The minimum atomic E-state index is -0.0197. The topological polar surface area (TPSA) is 65.5 Å². The normalized spacial score (nSPS) is 18.5. The maximum atomic E-state index is 12.7. The number of anilines is 1. The highest BCUT2D eigenvalue weighted by molar-refractivity contribution is 5.92. The molecule has 0 spiro atoms. The molecule has 0 N–H and O–H groups in total. The zero-order valence-corrected chi connectivity index (χ0v) is 15.6. The van der Waals surface area contributed by atoms with Gasteiger partial charge in [0.2, 0.25) is 0 Å². The molecule has 0 aliphatic carbocycles. The molecule has 2 aliphatic rings. The number of carbonyl (C=O) groups excluding carboxylic acids is 1. The summed E-state index contributed by atoms with van der Waals surface area (Å²) in [7, 11) is 0. The van der Waals surface area contributed by atoms with Crippen molar-refractivity contribution in [3.05, 3.63) is 47.9 Å². The van der Waals surface area contributed by atoms with Crippen LogP contribution in [0.3, 0.4) is 0 Å². The van der Waals surface area contributed by atoms with Gasteiger partial charge in [-0.1, -0.05) is 6.07 Å². The first-order valence-corrected chi connectivity index (χ1v) is 9.79. The van der Waals surface area contributed by atoms with Crippen LogP contribution < -0.4 is 4.90 Å². The van der Waals surface area contributed by atoms with E-state index in [0.29, 0.717) is 18.8 Å². The van der Waals surface area contributed by atoms with Gasteiger partial charge in [-0.05, 0) is 43.0 Å². The van der Waals surface area contributed by atoms with Crippen molar-refractivity contribution in [3.8, 4) is 0 Å². The molecule has 2 saturated heterocycles. The molecule has 1 amide bonds. The Balaban J connectivity index is 1.31. The van der Waals surface area contributed by atoms with E-state index in [1.54, 1.807) is 6.20 Å². The summed E-state index contributed by atoms with van der Waals surface area (Å²) in [5, 5.41) is 8.51. The molecule has 4 heterocycles. The first-order chi connectivity index (χ1) is 13.3. The maximum absolute atomic E-state index is 12.7. The lowest BCUT2D eigenvalue weighted by molar-refractivity contribution is 0.0621. The van der Waals surface area contributed by atoms with Crippen molar-refractivity contribution in [2.75, 3.05) is 44.2 Å². The molecule has 0 saturated carbocycles. The van der Waals surface area contributed by atoms with Gasteiger partial charge in [0, 0.05) is 58.2 Å². The maximum Gasteiger partial charge on any atom is 0.274 e. The number of amides is 1. The first kappa shape index (κ1) is 17.9. The Labute approximate surface area is 160 Å². The molecular formula is C20H26N6O. The van der Waals surface area contributed by atoms with Crippen molar-refractivity contribution in [1.82, 2.24) is 25.0 Å². The fourth-order valence-electron chi connectivity index (χ4n) is 3.75. The van der Waals surface area contributed by atoms with E-state index in [9.17, 15) is 4.79 Å². The van der Waals surface area contributed by atoms with Gasteiger partial charge in [-0.25, -0.2) is 0 Å². The van der Waals surface area contributed by atoms with Gasteiger partial charge in [-0.3, -0.25) is 14.7 Å². The molecular weight excluding hydrogens is 340 g/mol. The van der Waals surface area contributed by atoms with Crippen LogP contribution in [0.15, 0.2) is 36.7 Å². The summed E-state index contributed by atoms with van der Waals surface area (Å²) < 4.78 is 0. The van der Waals surface area contributed by atoms with Crippen LogP contribution in [0, 0.1) is 0 Å². The highest BCUT2D eigenvalue weighted by Crippen LogP contribution is 2.17. The number of piperidine rings is 1. The fraction of sp³-hybridized carbons (Fsp3) is 0.500. The van der Waals surface area contributed by atoms with Gasteiger partial charge in [0.05, 0.1) is 0 Å². The van der Waals surface area contributed by atoms with Gasteiger partial charge < -0.3 is 9.80 Å². The van der Waals surface area contributed by atoms with E-state index in [2.05, 4.69) is 31.0 Å². The third kappa shape index (κ3) is 4.42. The van der Waals surface area contributed by atoms with E-state index in [4.69, 9.17) is 0 Å². The summed E-state index contributed by atoms with van der Waals surface area (Å²) in [6, 6.07) is 7.80. The van der Waals surface area contributed by atoms with Crippen molar-refractivity contribution < 1.29 is 4.79 Å². The molecule has 2 fully saturated rings. The monoisotopic (exact) mass is 366 g/mol. The van der Waals surface area contributed by atoms with Crippen LogP contribution in [0.1, 0.15) is 35.3 Å². The van der Waals surface area contributed by atoms with Crippen molar-refractivity contribution >= 4 is 11.7 Å². The third-order valence-corrected chi connectivity index (χ3v) is 5.34. The van der Waals surface area contributed by atoms with Crippen LogP contribution in [-0.4, -0.2) is 70.2 Å². The molecule has 0 aromatic carbocycles. The number of hydrogen-bond acceptors (Lipinski definition) is 6. The van der Waals surface area contributed by atoms with Crippen LogP contribution in [0.2, 0.25) is 0 Å². The SMILES string of the molecule is O=C(c1ccc(N2CCCCC2)nn1)N1CCN(Cc2cccnc2)CC1. The zero-order chi connectivity index (χ0) is 18.5. The second kappa shape index (κ2) is 8.43. The minimum Gasteiger partial charge on any atom is -0.355 e. The molecule has 2 aliphatic heterocycles. The quantitative estimate of drug-likeness (QED) is 0.822. The molecule has 2 aromatic rings. The average Bonchev–Trinajstić information content (AvgIpc) is 2.75. The van der Waals surface area contributed by atoms with Gasteiger partial charge in [0.1, 0.15) is 0 Å². The van der Waals surface area contributed by atoms with Gasteiger partial charge >= 0.3 is 0 Å².